The highest BCUT2D eigenvalue weighted by Crippen LogP contribution is 2.20. The van der Waals surface area contributed by atoms with Crippen molar-refractivity contribution in [1.82, 2.24) is 20.9 Å². The lowest BCUT2D eigenvalue weighted by Gasteiger charge is -2.30. The van der Waals surface area contributed by atoms with E-state index in [1.165, 1.54) is 4.90 Å². The SMILES string of the molecule is CCC(C)C(NC(=O)C1CCCN1C(=O)C(N)CCC(=O)O)C(=O)NC(CCCN=C(N)N)C(=O)NC(CCCN=C(N)N)C(=O)O. The third-order valence-corrected chi connectivity index (χ3v) is 7.76. The van der Waals surface area contributed by atoms with Gasteiger partial charge in [0.1, 0.15) is 24.2 Å². The van der Waals surface area contributed by atoms with Gasteiger partial charge in [-0.25, -0.2) is 4.79 Å². The predicted octanol–water partition coefficient (Wildman–Crippen LogP) is -3.14. The first-order valence-corrected chi connectivity index (χ1v) is 15.6. The van der Waals surface area contributed by atoms with Gasteiger partial charge in [-0.05, 0) is 50.9 Å². The fraction of sp³-hybridized carbons (Fsp3) is 0.714. The monoisotopic (exact) mass is 669 g/mol. The molecule has 0 saturated carbocycles. The first-order chi connectivity index (χ1) is 22.1. The molecule has 266 valence electrons. The maximum Gasteiger partial charge on any atom is 0.326 e. The van der Waals surface area contributed by atoms with Crippen LogP contribution in [-0.4, -0.2) is 112 Å². The number of aliphatic imine (C=N–C) groups is 2. The van der Waals surface area contributed by atoms with Crippen LogP contribution in [0.2, 0.25) is 0 Å². The minimum atomic E-state index is -1.30. The molecule has 0 aromatic rings. The standard InChI is InChI=1S/C28H51N11O8/c1-3-15(2)21(38-23(43)19-9-6-14-39(19)25(45)16(29)10-11-20(40)41)24(44)36-17(7-4-12-34-27(30)31)22(42)37-18(26(46)47)8-5-13-35-28(32)33/h15-19,21H,3-14,29H2,1-2H3,(H,36,44)(H,37,42)(H,38,43)(H,40,41)(H,46,47)(H4,30,31,34)(H4,32,33,35). The molecule has 1 heterocycles. The summed E-state index contributed by atoms with van der Waals surface area (Å²) < 4.78 is 0. The Labute approximate surface area is 273 Å². The summed E-state index contributed by atoms with van der Waals surface area (Å²) >= 11 is 0. The van der Waals surface area contributed by atoms with Gasteiger partial charge in [-0.3, -0.25) is 34.0 Å². The number of aliphatic carboxylic acids is 2. The van der Waals surface area contributed by atoms with E-state index in [9.17, 15) is 33.9 Å². The summed E-state index contributed by atoms with van der Waals surface area (Å²) in [6.45, 7) is 4.06. The topological polar surface area (TPSA) is 337 Å². The Morgan fingerprint density at radius 2 is 1.40 bits per heavy atom. The third kappa shape index (κ3) is 14.5. The lowest BCUT2D eigenvalue weighted by Crippen LogP contribution is -2.59. The van der Waals surface area contributed by atoms with Crippen molar-refractivity contribution in [3.63, 3.8) is 0 Å². The zero-order valence-corrected chi connectivity index (χ0v) is 27.0. The van der Waals surface area contributed by atoms with E-state index in [-0.39, 0.29) is 70.1 Å². The van der Waals surface area contributed by atoms with Crippen LogP contribution in [0.4, 0.5) is 0 Å². The summed E-state index contributed by atoms with van der Waals surface area (Å²) in [5, 5.41) is 26.4. The quantitative estimate of drug-likeness (QED) is 0.0328. The Morgan fingerprint density at radius 3 is 1.91 bits per heavy atom. The zero-order chi connectivity index (χ0) is 35.7. The van der Waals surface area contributed by atoms with Crippen molar-refractivity contribution in [1.29, 1.82) is 0 Å². The Bertz CT molecular complexity index is 1160. The van der Waals surface area contributed by atoms with Crippen LogP contribution in [0.25, 0.3) is 0 Å². The molecule has 1 saturated heterocycles. The second-order valence-corrected chi connectivity index (χ2v) is 11.5. The van der Waals surface area contributed by atoms with Gasteiger partial charge in [0, 0.05) is 26.1 Å². The van der Waals surface area contributed by atoms with E-state index in [0.29, 0.717) is 19.3 Å². The van der Waals surface area contributed by atoms with Crippen LogP contribution >= 0.6 is 0 Å². The number of nitrogens with two attached hydrogens (primary N) is 5. The molecule has 47 heavy (non-hydrogen) atoms. The minimum absolute atomic E-state index is 0.00858. The molecule has 19 nitrogen and oxygen atoms in total. The van der Waals surface area contributed by atoms with E-state index in [0.717, 1.165) is 0 Å². The number of carbonyl (C=O) groups is 6. The number of likely N-dealkylation sites (tertiary alicyclic amines) is 1. The van der Waals surface area contributed by atoms with Gasteiger partial charge in [0.15, 0.2) is 11.9 Å². The first kappa shape index (κ1) is 40.3. The van der Waals surface area contributed by atoms with Crippen molar-refractivity contribution in [3.05, 3.63) is 0 Å². The number of guanidine groups is 2. The minimum Gasteiger partial charge on any atom is -0.481 e. The van der Waals surface area contributed by atoms with Crippen LogP contribution in [0.15, 0.2) is 9.98 Å². The van der Waals surface area contributed by atoms with E-state index in [1.807, 2.05) is 6.92 Å². The number of carbonyl (C=O) groups excluding carboxylic acids is 4. The molecule has 1 fully saturated rings. The highest BCUT2D eigenvalue weighted by Gasteiger charge is 2.39. The van der Waals surface area contributed by atoms with Crippen LogP contribution in [0, 0.1) is 5.92 Å². The summed E-state index contributed by atoms with van der Waals surface area (Å²) in [6.07, 6.45) is 1.43. The van der Waals surface area contributed by atoms with E-state index in [2.05, 4.69) is 25.9 Å². The molecular weight excluding hydrogens is 618 g/mol. The maximum atomic E-state index is 13.6. The highest BCUT2D eigenvalue weighted by atomic mass is 16.4. The largest absolute Gasteiger partial charge is 0.481 e. The van der Waals surface area contributed by atoms with Gasteiger partial charge >= 0.3 is 11.9 Å². The Morgan fingerprint density at radius 1 is 0.851 bits per heavy atom. The van der Waals surface area contributed by atoms with Crippen LogP contribution in [0.1, 0.15) is 71.6 Å². The molecule has 6 atom stereocenters. The average molecular weight is 670 g/mol. The number of carboxylic acid groups (broad SMARTS) is 2. The van der Waals surface area contributed by atoms with Crippen LogP contribution in [0.5, 0.6) is 0 Å². The molecule has 1 aliphatic heterocycles. The Kier molecular flexibility index (Phi) is 17.5. The second kappa shape index (κ2) is 20.4. The van der Waals surface area contributed by atoms with Crippen LogP contribution in [0.3, 0.4) is 0 Å². The molecule has 0 aliphatic carbocycles. The first-order valence-electron chi connectivity index (χ1n) is 15.6. The fourth-order valence-electron chi connectivity index (χ4n) is 4.94. The fourth-order valence-corrected chi connectivity index (χ4v) is 4.94. The van der Waals surface area contributed by atoms with Gasteiger partial charge in [0.2, 0.25) is 23.6 Å². The normalized spacial score (nSPS) is 17.3. The number of carboxylic acids is 2. The number of nitrogens with zero attached hydrogens (tertiary/aromatic N) is 3. The molecule has 19 heteroatoms. The van der Waals surface area contributed by atoms with Crippen molar-refractivity contribution < 1.29 is 39.0 Å². The lowest BCUT2D eigenvalue weighted by molar-refractivity contribution is -0.142. The highest BCUT2D eigenvalue weighted by molar-refractivity contribution is 5.95. The van der Waals surface area contributed by atoms with Crippen molar-refractivity contribution in [2.45, 2.75) is 102 Å². The average Bonchev–Trinajstić information content (AvgIpc) is 3.50. The summed E-state index contributed by atoms with van der Waals surface area (Å²) in [4.78, 5) is 85.1. The van der Waals surface area contributed by atoms with E-state index < -0.39 is 71.7 Å². The zero-order valence-electron chi connectivity index (χ0n) is 27.0. The van der Waals surface area contributed by atoms with Crippen LogP contribution in [-0.2, 0) is 28.8 Å². The molecule has 0 spiro atoms. The predicted molar refractivity (Wildman–Crippen MR) is 172 cm³/mol. The van der Waals surface area contributed by atoms with Gasteiger partial charge < -0.3 is 59.7 Å². The number of hydrogen-bond donors (Lipinski definition) is 10. The number of nitrogens with one attached hydrogen (secondary N) is 3. The van der Waals surface area contributed by atoms with Crippen molar-refractivity contribution in [3.8, 4) is 0 Å². The molecule has 1 rings (SSSR count). The van der Waals surface area contributed by atoms with Gasteiger partial charge in [0.25, 0.3) is 0 Å². The molecule has 0 radical (unpaired) electrons. The van der Waals surface area contributed by atoms with Gasteiger partial charge in [-0.2, -0.15) is 0 Å². The molecule has 0 aromatic carbocycles. The number of hydrogen-bond acceptors (Lipinski definition) is 9. The maximum absolute atomic E-state index is 13.6. The molecule has 6 unspecified atom stereocenters. The van der Waals surface area contributed by atoms with E-state index in [4.69, 9.17) is 33.8 Å². The van der Waals surface area contributed by atoms with E-state index in [1.54, 1.807) is 6.92 Å². The van der Waals surface area contributed by atoms with Crippen molar-refractivity contribution in [2.75, 3.05) is 19.6 Å². The molecule has 4 amide bonds. The summed E-state index contributed by atoms with van der Waals surface area (Å²) in [6, 6.07) is -5.66. The molecule has 0 bridgehead atoms. The van der Waals surface area contributed by atoms with Gasteiger partial charge in [-0.15, -0.1) is 0 Å². The molecule has 0 aromatic heterocycles. The van der Waals surface area contributed by atoms with Crippen molar-refractivity contribution >= 4 is 47.5 Å². The van der Waals surface area contributed by atoms with Crippen molar-refractivity contribution in [2.24, 2.45) is 44.6 Å². The third-order valence-electron chi connectivity index (χ3n) is 7.76. The van der Waals surface area contributed by atoms with Gasteiger partial charge in [-0.1, -0.05) is 20.3 Å². The summed E-state index contributed by atoms with van der Waals surface area (Å²) in [7, 11) is 0. The summed E-state index contributed by atoms with van der Waals surface area (Å²) in [5.74, 6) is -5.73. The Hall–Kier alpha value is -4.68. The summed E-state index contributed by atoms with van der Waals surface area (Å²) in [5.41, 5.74) is 27.3. The smallest absolute Gasteiger partial charge is 0.326 e. The number of amides is 4. The molecule has 1 aliphatic rings. The van der Waals surface area contributed by atoms with E-state index >= 15 is 0 Å². The molecular formula is C28H51N11O8. The van der Waals surface area contributed by atoms with Crippen LogP contribution < -0.4 is 44.6 Å². The second-order valence-electron chi connectivity index (χ2n) is 11.5. The van der Waals surface area contributed by atoms with Gasteiger partial charge in [0.05, 0.1) is 6.04 Å². The molecule has 15 N–H and O–H groups in total. The Balaban J connectivity index is 3.12. The number of rotatable bonds is 21. The lowest BCUT2D eigenvalue weighted by atomic mass is 9.96.